The molecular formula is C15H14N2O. The topological polar surface area (TPSA) is 44.6 Å². The lowest BCUT2D eigenvalue weighted by Crippen LogP contribution is -1.98. The molecule has 0 aromatic heterocycles. The van der Waals surface area contributed by atoms with Crippen LogP contribution in [0.1, 0.15) is 5.56 Å². The van der Waals surface area contributed by atoms with Crippen LogP contribution in [0.15, 0.2) is 71.9 Å². The van der Waals surface area contributed by atoms with Gasteiger partial charge in [-0.15, -0.1) is 0 Å². The molecule has 0 heterocycles. The number of nitrogens with one attached hydrogen (secondary N) is 1. The van der Waals surface area contributed by atoms with Crippen LogP contribution in [0.25, 0.3) is 5.57 Å². The number of allylic oxidation sites excluding steroid dienone is 1. The number of hydrogen-bond acceptors (Lipinski definition) is 3. The first kappa shape index (κ1) is 12.1. The molecule has 0 aliphatic heterocycles. The maximum atomic E-state index is 8.81. The van der Waals surface area contributed by atoms with Gasteiger partial charge in [0.25, 0.3) is 0 Å². The summed E-state index contributed by atoms with van der Waals surface area (Å²) in [5.41, 5.74) is 4.71. The molecule has 0 aliphatic rings. The van der Waals surface area contributed by atoms with Crippen molar-refractivity contribution < 1.29 is 5.21 Å². The van der Waals surface area contributed by atoms with Crippen molar-refractivity contribution in [3.05, 3.63) is 72.4 Å². The van der Waals surface area contributed by atoms with Crippen LogP contribution >= 0.6 is 0 Å². The van der Waals surface area contributed by atoms with Crippen molar-refractivity contribution in [3.63, 3.8) is 0 Å². The molecule has 0 bridgehead atoms. The van der Waals surface area contributed by atoms with Gasteiger partial charge in [-0.2, -0.15) is 0 Å². The van der Waals surface area contributed by atoms with Gasteiger partial charge >= 0.3 is 0 Å². The average molecular weight is 238 g/mol. The van der Waals surface area contributed by atoms with Gasteiger partial charge in [-0.1, -0.05) is 48.5 Å². The highest BCUT2D eigenvalue weighted by Gasteiger charge is 1.97. The van der Waals surface area contributed by atoms with E-state index in [0.717, 1.165) is 16.8 Å². The molecule has 0 aliphatic carbocycles. The van der Waals surface area contributed by atoms with Crippen molar-refractivity contribution in [2.24, 2.45) is 4.99 Å². The van der Waals surface area contributed by atoms with E-state index in [1.54, 1.807) is 6.21 Å². The molecule has 90 valence electrons. The zero-order valence-corrected chi connectivity index (χ0v) is 9.82. The lowest BCUT2D eigenvalue weighted by Gasteiger charge is -2.01. The van der Waals surface area contributed by atoms with E-state index in [0.29, 0.717) is 0 Å². The molecule has 0 atom stereocenters. The second kappa shape index (κ2) is 6.37. The Morgan fingerprint density at radius 3 is 2.17 bits per heavy atom. The maximum Gasteiger partial charge on any atom is 0.0629 e. The van der Waals surface area contributed by atoms with Gasteiger partial charge in [0.1, 0.15) is 0 Å². The monoisotopic (exact) mass is 238 g/mol. The van der Waals surface area contributed by atoms with Crippen LogP contribution < -0.4 is 5.48 Å². The Labute approximate surface area is 106 Å². The molecule has 0 saturated heterocycles. The summed E-state index contributed by atoms with van der Waals surface area (Å²) in [6, 6.07) is 19.4. The first-order valence-corrected chi connectivity index (χ1v) is 5.64. The third kappa shape index (κ3) is 3.30. The minimum Gasteiger partial charge on any atom is -0.292 e. The van der Waals surface area contributed by atoms with Gasteiger partial charge in [0, 0.05) is 18.0 Å². The molecular weight excluding hydrogens is 224 g/mol. The quantitative estimate of drug-likeness (QED) is 0.633. The number of para-hydroxylation sites is 1. The molecule has 0 spiro atoms. The Hall–Kier alpha value is -2.39. The number of hydroxylamine groups is 1. The zero-order valence-electron chi connectivity index (χ0n) is 9.82. The summed E-state index contributed by atoms with van der Waals surface area (Å²) in [6.45, 7) is 0. The van der Waals surface area contributed by atoms with Crippen LogP contribution in [0.2, 0.25) is 0 Å². The fourth-order valence-corrected chi connectivity index (χ4v) is 1.55. The molecule has 3 nitrogen and oxygen atoms in total. The number of aliphatic imine (C=N–C) groups is 1. The second-order valence-electron chi connectivity index (χ2n) is 3.69. The minimum atomic E-state index is 0.807. The minimum absolute atomic E-state index is 0.807. The third-order valence-corrected chi connectivity index (χ3v) is 2.44. The van der Waals surface area contributed by atoms with E-state index in [2.05, 4.69) is 4.99 Å². The standard InChI is InChI=1S/C15H14N2O/c18-17-12-14(13-7-3-1-4-8-13)11-16-15-9-5-2-6-10-15/h1-12,17-18H. The smallest absolute Gasteiger partial charge is 0.0629 e. The molecule has 3 heteroatoms. The van der Waals surface area contributed by atoms with Crippen molar-refractivity contribution in [2.45, 2.75) is 0 Å². The summed E-state index contributed by atoms with van der Waals surface area (Å²) in [4.78, 5) is 4.36. The number of rotatable bonds is 4. The van der Waals surface area contributed by atoms with Gasteiger partial charge in [-0.3, -0.25) is 15.7 Å². The van der Waals surface area contributed by atoms with E-state index < -0.39 is 0 Å². The molecule has 18 heavy (non-hydrogen) atoms. The van der Waals surface area contributed by atoms with E-state index in [1.165, 1.54) is 6.20 Å². The van der Waals surface area contributed by atoms with Crippen LogP contribution in [0.3, 0.4) is 0 Å². The van der Waals surface area contributed by atoms with Gasteiger partial charge in [0.05, 0.1) is 5.69 Å². The van der Waals surface area contributed by atoms with Gasteiger partial charge in [-0.05, 0) is 17.7 Å². The lowest BCUT2D eigenvalue weighted by atomic mass is 10.1. The van der Waals surface area contributed by atoms with Crippen molar-refractivity contribution in [1.82, 2.24) is 5.48 Å². The predicted molar refractivity (Wildman–Crippen MR) is 73.9 cm³/mol. The molecule has 0 unspecified atom stereocenters. The van der Waals surface area contributed by atoms with Crippen molar-refractivity contribution in [2.75, 3.05) is 0 Å². The Morgan fingerprint density at radius 2 is 1.56 bits per heavy atom. The predicted octanol–water partition coefficient (Wildman–Crippen LogP) is 3.41. The summed E-state index contributed by atoms with van der Waals surface area (Å²) in [6.07, 6.45) is 3.22. The van der Waals surface area contributed by atoms with E-state index in [4.69, 9.17) is 5.21 Å². The second-order valence-corrected chi connectivity index (χ2v) is 3.69. The highest BCUT2D eigenvalue weighted by Crippen LogP contribution is 2.14. The Morgan fingerprint density at radius 1 is 0.944 bits per heavy atom. The van der Waals surface area contributed by atoms with Gasteiger partial charge < -0.3 is 0 Å². The fourth-order valence-electron chi connectivity index (χ4n) is 1.55. The summed E-state index contributed by atoms with van der Waals surface area (Å²) in [5, 5.41) is 8.81. The van der Waals surface area contributed by atoms with Crippen LogP contribution in [-0.2, 0) is 0 Å². The highest BCUT2D eigenvalue weighted by molar-refractivity contribution is 6.10. The average Bonchev–Trinajstić information content (AvgIpc) is 2.45. The summed E-state index contributed by atoms with van der Waals surface area (Å²) < 4.78 is 0. The zero-order chi connectivity index (χ0) is 12.6. The summed E-state index contributed by atoms with van der Waals surface area (Å²) >= 11 is 0. The van der Waals surface area contributed by atoms with Crippen LogP contribution in [0, 0.1) is 0 Å². The molecule has 0 radical (unpaired) electrons. The Kier molecular flexibility index (Phi) is 4.27. The normalized spacial score (nSPS) is 11.7. The van der Waals surface area contributed by atoms with Crippen LogP contribution in [0.5, 0.6) is 0 Å². The maximum absolute atomic E-state index is 8.81. The largest absolute Gasteiger partial charge is 0.292 e. The van der Waals surface area contributed by atoms with Crippen LogP contribution in [0.4, 0.5) is 5.69 Å². The Bertz CT molecular complexity index is 533. The van der Waals surface area contributed by atoms with Crippen molar-refractivity contribution >= 4 is 17.5 Å². The first-order chi connectivity index (χ1) is 8.90. The first-order valence-electron chi connectivity index (χ1n) is 5.64. The SMILES string of the molecule is ONC=C(C=Nc1ccccc1)c1ccccc1. The molecule has 2 N–H and O–H groups in total. The van der Waals surface area contributed by atoms with E-state index in [1.807, 2.05) is 66.1 Å². The molecule has 0 saturated carbocycles. The van der Waals surface area contributed by atoms with Gasteiger partial charge in [0.2, 0.25) is 0 Å². The van der Waals surface area contributed by atoms with E-state index in [9.17, 15) is 0 Å². The van der Waals surface area contributed by atoms with Crippen molar-refractivity contribution in [1.29, 1.82) is 0 Å². The van der Waals surface area contributed by atoms with Crippen molar-refractivity contribution in [3.8, 4) is 0 Å². The number of benzene rings is 2. The molecule has 2 aromatic carbocycles. The van der Waals surface area contributed by atoms with E-state index in [-0.39, 0.29) is 0 Å². The third-order valence-electron chi connectivity index (χ3n) is 2.44. The summed E-state index contributed by atoms with van der Waals surface area (Å²) in [7, 11) is 0. The molecule has 2 aromatic rings. The number of hydrogen-bond donors (Lipinski definition) is 2. The lowest BCUT2D eigenvalue weighted by molar-refractivity contribution is 0.215. The summed E-state index contributed by atoms with van der Waals surface area (Å²) in [5.74, 6) is 0. The fraction of sp³-hybridized carbons (Fsp3) is 0. The molecule has 0 fully saturated rings. The van der Waals surface area contributed by atoms with Gasteiger partial charge in [0.15, 0.2) is 0 Å². The number of nitrogens with zero attached hydrogens (tertiary/aromatic N) is 1. The Balaban J connectivity index is 2.23. The van der Waals surface area contributed by atoms with Gasteiger partial charge in [-0.25, -0.2) is 0 Å². The highest BCUT2D eigenvalue weighted by atomic mass is 16.5. The molecule has 2 rings (SSSR count). The van der Waals surface area contributed by atoms with E-state index >= 15 is 0 Å². The van der Waals surface area contributed by atoms with Crippen LogP contribution in [-0.4, -0.2) is 11.4 Å². The molecule has 0 amide bonds.